The lowest BCUT2D eigenvalue weighted by atomic mass is 10.4. The number of nitrogens with one attached hydrogen (secondary N) is 1. The van der Waals surface area contributed by atoms with E-state index in [1.165, 1.54) is 29.5 Å². The summed E-state index contributed by atoms with van der Waals surface area (Å²) in [5, 5.41) is 6.65. The number of carbonyl (C=O) groups is 1. The second-order valence-electron chi connectivity index (χ2n) is 4.31. The zero-order valence-corrected chi connectivity index (χ0v) is 11.3. The molecule has 9 heteroatoms. The van der Waals surface area contributed by atoms with Gasteiger partial charge in [-0.3, -0.25) is 14.2 Å². The summed E-state index contributed by atoms with van der Waals surface area (Å²) in [5.41, 5.74) is -0.301. The van der Waals surface area contributed by atoms with Crippen molar-refractivity contribution >= 4 is 11.7 Å². The first kappa shape index (κ1) is 13.6. The van der Waals surface area contributed by atoms with Crippen molar-refractivity contribution in [3.05, 3.63) is 59.8 Å². The molecule has 0 radical (unpaired) electrons. The van der Waals surface area contributed by atoms with Crippen LogP contribution in [0, 0.1) is 0 Å². The Balaban J connectivity index is 1.73. The van der Waals surface area contributed by atoms with Gasteiger partial charge >= 0.3 is 0 Å². The number of hydrogen-bond donors (Lipinski definition) is 1. The molecule has 0 saturated heterocycles. The quantitative estimate of drug-likeness (QED) is 0.718. The molecule has 0 bridgehead atoms. The van der Waals surface area contributed by atoms with E-state index in [9.17, 15) is 9.59 Å². The molecule has 0 fully saturated rings. The Kier molecular flexibility index (Phi) is 3.69. The van der Waals surface area contributed by atoms with E-state index in [1.54, 1.807) is 29.2 Å². The molecule has 3 rings (SSSR count). The summed E-state index contributed by atoms with van der Waals surface area (Å²) in [5.74, 6) is 0.455. The fourth-order valence-electron chi connectivity index (χ4n) is 1.78. The molecule has 0 unspecified atom stereocenters. The van der Waals surface area contributed by atoms with E-state index >= 15 is 0 Å². The molecule has 3 aromatic heterocycles. The Labute approximate surface area is 124 Å². The largest absolute Gasteiger partial charge is 0.309 e. The van der Waals surface area contributed by atoms with Gasteiger partial charge in [0.15, 0.2) is 5.82 Å². The van der Waals surface area contributed by atoms with Crippen LogP contribution >= 0.6 is 0 Å². The number of carbonyl (C=O) groups excluding carboxylic acids is 1. The molecule has 1 amide bonds. The normalized spacial score (nSPS) is 10.4. The van der Waals surface area contributed by atoms with E-state index in [0.717, 1.165) is 0 Å². The maximum atomic E-state index is 12.0. The van der Waals surface area contributed by atoms with Gasteiger partial charge in [-0.2, -0.15) is 5.10 Å². The summed E-state index contributed by atoms with van der Waals surface area (Å²) >= 11 is 0. The summed E-state index contributed by atoms with van der Waals surface area (Å²) < 4.78 is 2.74. The SMILES string of the molecule is O=C(Cn1cnccc1=O)Nc1cc(-n2cccn2)ncn1. The number of rotatable bonds is 4. The molecule has 0 aliphatic rings. The Morgan fingerprint density at radius 1 is 1.27 bits per heavy atom. The Morgan fingerprint density at radius 3 is 2.95 bits per heavy atom. The van der Waals surface area contributed by atoms with Crippen LogP contribution in [0.5, 0.6) is 0 Å². The van der Waals surface area contributed by atoms with Gasteiger partial charge in [0.2, 0.25) is 5.91 Å². The van der Waals surface area contributed by atoms with E-state index in [-0.39, 0.29) is 18.0 Å². The fraction of sp³-hybridized carbons (Fsp3) is 0.0769. The van der Waals surface area contributed by atoms with Gasteiger partial charge in [-0.05, 0) is 6.07 Å². The Hall–Kier alpha value is -3.36. The molecule has 0 aliphatic heterocycles. The number of hydrogen-bond acceptors (Lipinski definition) is 6. The van der Waals surface area contributed by atoms with Gasteiger partial charge in [0.25, 0.3) is 5.56 Å². The predicted octanol–water partition coefficient (Wildman–Crippen LogP) is -0.142. The number of aromatic nitrogens is 6. The van der Waals surface area contributed by atoms with Gasteiger partial charge in [0, 0.05) is 30.7 Å². The molecular weight excluding hydrogens is 286 g/mol. The highest BCUT2D eigenvalue weighted by Gasteiger charge is 2.07. The summed E-state index contributed by atoms with van der Waals surface area (Å²) in [7, 11) is 0. The standard InChI is InChI=1S/C13H11N7O2/c21-12(7-19-9-14-4-2-13(19)22)18-10-6-11(16-8-15-10)20-5-1-3-17-20/h1-6,8-9H,7H2,(H,15,16,18,21). The molecule has 9 nitrogen and oxygen atoms in total. The van der Waals surface area contributed by atoms with Crippen molar-refractivity contribution in [2.24, 2.45) is 0 Å². The molecule has 0 saturated carbocycles. The first-order valence-corrected chi connectivity index (χ1v) is 6.35. The van der Waals surface area contributed by atoms with Gasteiger partial charge in [-0.25, -0.2) is 19.6 Å². The maximum absolute atomic E-state index is 12.0. The third kappa shape index (κ3) is 3.03. The molecular formula is C13H11N7O2. The van der Waals surface area contributed by atoms with E-state index in [4.69, 9.17) is 0 Å². The van der Waals surface area contributed by atoms with Crippen LogP contribution in [0.4, 0.5) is 5.82 Å². The highest BCUT2D eigenvalue weighted by molar-refractivity contribution is 5.89. The molecule has 3 aromatic rings. The summed E-state index contributed by atoms with van der Waals surface area (Å²) in [6.45, 7) is -0.145. The second-order valence-corrected chi connectivity index (χ2v) is 4.31. The van der Waals surface area contributed by atoms with Crippen LogP contribution in [0.15, 0.2) is 54.2 Å². The Bertz CT molecular complexity index is 841. The fourth-order valence-corrected chi connectivity index (χ4v) is 1.78. The number of nitrogens with zero attached hydrogens (tertiary/aromatic N) is 6. The first-order chi connectivity index (χ1) is 10.7. The Morgan fingerprint density at radius 2 is 2.18 bits per heavy atom. The van der Waals surface area contributed by atoms with Crippen LogP contribution in [0.1, 0.15) is 0 Å². The maximum Gasteiger partial charge on any atom is 0.253 e. The van der Waals surface area contributed by atoms with Crippen molar-refractivity contribution in [3.63, 3.8) is 0 Å². The monoisotopic (exact) mass is 297 g/mol. The average molecular weight is 297 g/mol. The molecule has 0 aromatic carbocycles. The smallest absolute Gasteiger partial charge is 0.253 e. The lowest BCUT2D eigenvalue weighted by Gasteiger charge is -2.07. The lowest BCUT2D eigenvalue weighted by Crippen LogP contribution is -2.27. The molecule has 22 heavy (non-hydrogen) atoms. The zero-order valence-electron chi connectivity index (χ0n) is 11.3. The van der Waals surface area contributed by atoms with Crippen molar-refractivity contribution < 1.29 is 4.79 Å². The summed E-state index contributed by atoms with van der Waals surface area (Å²) in [6.07, 6.45) is 7.34. The molecule has 1 N–H and O–H groups in total. The number of anilines is 1. The van der Waals surface area contributed by atoms with E-state index in [2.05, 4.69) is 25.4 Å². The first-order valence-electron chi connectivity index (χ1n) is 6.35. The van der Waals surface area contributed by atoms with Crippen LogP contribution in [-0.4, -0.2) is 35.2 Å². The van der Waals surface area contributed by atoms with Crippen molar-refractivity contribution in [1.82, 2.24) is 29.3 Å². The molecule has 0 aliphatic carbocycles. The minimum atomic E-state index is -0.389. The minimum Gasteiger partial charge on any atom is -0.309 e. The molecule has 110 valence electrons. The number of amides is 1. The van der Waals surface area contributed by atoms with Crippen LogP contribution < -0.4 is 10.9 Å². The van der Waals surface area contributed by atoms with E-state index in [1.807, 2.05) is 0 Å². The predicted molar refractivity (Wildman–Crippen MR) is 76.3 cm³/mol. The van der Waals surface area contributed by atoms with E-state index < -0.39 is 0 Å². The van der Waals surface area contributed by atoms with Crippen molar-refractivity contribution in [3.8, 4) is 5.82 Å². The van der Waals surface area contributed by atoms with Crippen LogP contribution in [-0.2, 0) is 11.3 Å². The summed E-state index contributed by atoms with van der Waals surface area (Å²) in [6, 6.07) is 4.62. The van der Waals surface area contributed by atoms with Gasteiger partial charge < -0.3 is 5.32 Å². The van der Waals surface area contributed by atoms with Gasteiger partial charge in [-0.1, -0.05) is 0 Å². The highest BCUT2D eigenvalue weighted by Crippen LogP contribution is 2.07. The van der Waals surface area contributed by atoms with Gasteiger partial charge in [0.1, 0.15) is 18.7 Å². The topological polar surface area (TPSA) is 108 Å². The molecule has 0 spiro atoms. The van der Waals surface area contributed by atoms with Crippen molar-refractivity contribution in [2.75, 3.05) is 5.32 Å². The lowest BCUT2D eigenvalue weighted by molar-refractivity contribution is -0.116. The second kappa shape index (κ2) is 5.95. The third-order valence-electron chi connectivity index (χ3n) is 2.77. The molecule has 3 heterocycles. The third-order valence-corrected chi connectivity index (χ3v) is 2.77. The van der Waals surface area contributed by atoms with Crippen LogP contribution in [0.3, 0.4) is 0 Å². The highest BCUT2D eigenvalue weighted by atomic mass is 16.2. The van der Waals surface area contributed by atoms with E-state index in [0.29, 0.717) is 11.6 Å². The zero-order chi connectivity index (χ0) is 15.4. The average Bonchev–Trinajstić information content (AvgIpc) is 3.04. The van der Waals surface area contributed by atoms with Gasteiger partial charge in [-0.15, -0.1) is 0 Å². The molecule has 0 atom stereocenters. The van der Waals surface area contributed by atoms with Crippen LogP contribution in [0.2, 0.25) is 0 Å². The van der Waals surface area contributed by atoms with Crippen LogP contribution in [0.25, 0.3) is 5.82 Å². The summed E-state index contributed by atoms with van der Waals surface area (Å²) in [4.78, 5) is 35.3. The van der Waals surface area contributed by atoms with Crippen molar-refractivity contribution in [2.45, 2.75) is 6.54 Å². The van der Waals surface area contributed by atoms with Gasteiger partial charge in [0.05, 0.1) is 6.33 Å². The van der Waals surface area contributed by atoms with Crippen molar-refractivity contribution in [1.29, 1.82) is 0 Å². The minimum absolute atomic E-state index is 0.145.